The van der Waals surface area contributed by atoms with Crippen LogP contribution in [0.25, 0.3) is 0 Å². The highest BCUT2D eigenvalue weighted by atomic mass is 19.1. The molecule has 0 heterocycles. The summed E-state index contributed by atoms with van der Waals surface area (Å²) >= 11 is 0. The van der Waals surface area contributed by atoms with E-state index in [1.54, 1.807) is 0 Å². The number of carboxylic acids is 1. The van der Waals surface area contributed by atoms with E-state index < -0.39 is 17.6 Å². The van der Waals surface area contributed by atoms with Gasteiger partial charge in [0.25, 0.3) is 0 Å². The summed E-state index contributed by atoms with van der Waals surface area (Å²) in [5, 5.41) is 11.5. The van der Waals surface area contributed by atoms with Crippen LogP contribution in [0.2, 0.25) is 0 Å². The van der Waals surface area contributed by atoms with E-state index in [0.717, 1.165) is 43.7 Å². The van der Waals surface area contributed by atoms with E-state index in [0.29, 0.717) is 12.5 Å². The Morgan fingerprint density at radius 2 is 1.80 bits per heavy atom. The smallest absolute Gasteiger partial charge is 0.335 e. The molecule has 0 radical (unpaired) electrons. The van der Waals surface area contributed by atoms with Crippen LogP contribution in [0.3, 0.4) is 0 Å². The normalized spacial score (nSPS) is 22.6. The van der Waals surface area contributed by atoms with Gasteiger partial charge in [-0.05, 0) is 36.8 Å². The van der Waals surface area contributed by atoms with E-state index in [1.807, 2.05) is 0 Å². The topological polar surface area (TPSA) is 49.3 Å². The van der Waals surface area contributed by atoms with Crippen molar-refractivity contribution in [1.29, 1.82) is 0 Å². The Labute approximate surface area is 117 Å². The molecule has 0 saturated heterocycles. The van der Waals surface area contributed by atoms with Crippen LogP contribution in [0.1, 0.15) is 43.0 Å². The van der Waals surface area contributed by atoms with E-state index in [2.05, 4.69) is 12.2 Å². The first-order valence-electron chi connectivity index (χ1n) is 6.93. The van der Waals surface area contributed by atoms with Crippen molar-refractivity contribution in [1.82, 2.24) is 0 Å². The Morgan fingerprint density at radius 1 is 1.25 bits per heavy atom. The molecule has 5 heteroatoms. The summed E-state index contributed by atoms with van der Waals surface area (Å²) in [6, 6.07) is 1.69. The highest BCUT2D eigenvalue weighted by Crippen LogP contribution is 2.29. The number of benzene rings is 1. The van der Waals surface area contributed by atoms with E-state index in [-0.39, 0.29) is 11.3 Å². The van der Waals surface area contributed by atoms with Crippen LogP contribution in [0.15, 0.2) is 12.1 Å². The van der Waals surface area contributed by atoms with Gasteiger partial charge >= 0.3 is 5.97 Å². The van der Waals surface area contributed by atoms with Crippen LogP contribution in [0.5, 0.6) is 0 Å². The molecule has 1 aliphatic rings. The number of rotatable bonds is 4. The van der Waals surface area contributed by atoms with Crippen LogP contribution >= 0.6 is 0 Å². The predicted octanol–water partition coefficient (Wildman–Crippen LogP) is 3.90. The number of anilines is 1. The number of carboxylic acid groups (broad SMARTS) is 1. The van der Waals surface area contributed by atoms with Gasteiger partial charge in [0.05, 0.1) is 5.56 Å². The maximum Gasteiger partial charge on any atom is 0.335 e. The quantitative estimate of drug-likeness (QED) is 0.881. The van der Waals surface area contributed by atoms with Gasteiger partial charge in [0.15, 0.2) is 0 Å². The van der Waals surface area contributed by atoms with Gasteiger partial charge in [-0.2, -0.15) is 0 Å². The SMILES string of the molecule is CC1CCC(CNc2c(F)cc(C(=O)O)cc2F)CC1. The first-order valence-corrected chi connectivity index (χ1v) is 6.93. The molecular weight excluding hydrogens is 264 g/mol. The number of halogens is 2. The minimum Gasteiger partial charge on any atom is -0.478 e. The zero-order valence-electron chi connectivity index (χ0n) is 11.5. The third kappa shape index (κ3) is 3.46. The lowest BCUT2D eigenvalue weighted by molar-refractivity contribution is 0.0696. The Kier molecular flexibility index (Phi) is 4.57. The van der Waals surface area contributed by atoms with Crippen molar-refractivity contribution >= 4 is 11.7 Å². The van der Waals surface area contributed by atoms with Crippen LogP contribution < -0.4 is 5.32 Å². The van der Waals surface area contributed by atoms with Crippen molar-refractivity contribution in [2.24, 2.45) is 11.8 Å². The Bertz CT molecular complexity index is 474. The molecule has 1 aromatic rings. The summed E-state index contributed by atoms with van der Waals surface area (Å²) < 4.78 is 27.4. The number of nitrogens with one attached hydrogen (secondary N) is 1. The van der Waals surface area contributed by atoms with Gasteiger partial charge in [-0.25, -0.2) is 13.6 Å². The summed E-state index contributed by atoms with van der Waals surface area (Å²) in [6.45, 7) is 2.74. The number of hydrogen-bond donors (Lipinski definition) is 2. The van der Waals surface area contributed by atoms with Gasteiger partial charge in [0.2, 0.25) is 0 Å². The van der Waals surface area contributed by atoms with Crippen molar-refractivity contribution in [2.45, 2.75) is 32.6 Å². The lowest BCUT2D eigenvalue weighted by Crippen LogP contribution is -2.21. The second kappa shape index (κ2) is 6.20. The van der Waals surface area contributed by atoms with Gasteiger partial charge in [-0.15, -0.1) is 0 Å². The summed E-state index contributed by atoms with van der Waals surface area (Å²) in [6.07, 6.45) is 4.42. The highest BCUT2D eigenvalue weighted by Gasteiger charge is 2.20. The summed E-state index contributed by atoms with van der Waals surface area (Å²) in [4.78, 5) is 10.7. The molecule has 2 N–H and O–H groups in total. The molecule has 1 fully saturated rings. The largest absolute Gasteiger partial charge is 0.478 e. The summed E-state index contributed by atoms with van der Waals surface area (Å²) in [5.74, 6) is -1.90. The average Bonchev–Trinajstić information content (AvgIpc) is 2.39. The second-order valence-electron chi connectivity index (χ2n) is 5.63. The molecule has 0 aromatic heterocycles. The molecule has 110 valence electrons. The number of carbonyl (C=O) groups is 1. The first kappa shape index (κ1) is 14.8. The van der Waals surface area contributed by atoms with Gasteiger partial charge in [-0.1, -0.05) is 19.8 Å². The highest BCUT2D eigenvalue weighted by molar-refractivity contribution is 5.88. The molecule has 1 aromatic carbocycles. The Hall–Kier alpha value is -1.65. The third-order valence-electron chi connectivity index (χ3n) is 3.99. The maximum atomic E-state index is 13.7. The van der Waals surface area contributed by atoms with Crippen molar-refractivity contribution in [3.8, 4) is 0 Å². The summed E-state index contributed by atoms with van der Waals surface area (Å²) in [7, 11) is 0. The lowest BCUT2D eigenvalue weighted by atomic mass is 9.83. The fraction of sp³-hybridized carbons (Fsp3) is 0.533. The summed E-state index contributed by atoms with van der Waals surface area (Å²) in [5.41, 5.74) is -0.606. The monoisotopic (exact) mass is 283 g/mol. The van der Waals surface area contributed by atoms with Crippen LogP contribution in [-0.2, 0) is 0 Å². The van der Waals surface area contributed by atoms with Crippen molar-refractivity contribution in [2.75, 3.05) is 11.9 Å². The molecule has 1 saturated carbocycles. The minimum absolute atomic E-state index is 0.228. The molecule has 0 atom stereocenters. The molecule has 0 aliphatic heterocycles. The van der Waals surface area contributed by atoms with Gasteiger partial charge in [0, 0.05) is 6.54 Å². The fourth-order valence-corrected chi connectivity index (χ4v) is 2.65. The minimum atomic E-state index is -1.34. The van der Waals surface area contributed by atoms with Crippen molar-refractivity contribution < 1.29 is 18.7 Å². The van der Waals surface area contributed by atoms with Crippen LogP contribution in [0, 0.1) is 23.5 Å². The molecule has 0 bridgehead atoms. The van der Waals surface area contributed by atoms with Crippen molar-refractivity contribution in [3.05, 3.63) is 29.3 Å². The van der Waals surface area contributed by atoms with Gasteiger partial charge in [0.1, 0.15) is 17.3 Å². The average molecular weight is 283 g/mol. The van der Waals surface area contributed by atoms with Crippen molar-refractivity contribution in [3.63, 3.8) is 0 Å². The maximum absolute atomic E-state index is 13.7. The lowest BCUT2D eigenvalue weighted by Gasteiger charge is -2.26. The standard InChI is InChI=1S/C15H19F2NO2/c1-9-2-4-10(5-3-9)8-18-14-12(16)6-11(15(19)20)7-13(14)17/h6-7,9-10,18H,2-5,8H2,1H3,(H,19,20). The van der Waals surface area contributed by atoms with Crippen LogP contribution in [0.4, 0.5) is 14.5 Å². The fourth-order valence-electron chi connectivity index (χ4n) is 2.65. The number of hydrogen-bond acceptors (Lipinski definition) is 2. The third-order valence-corrected chi connectivity index (χ3v) is 3.99. The first-order chi connectivity index (χ1) is 9.47. The molecule has 0 unspecified atom stereocenters. The zero-order chi connectivity index (χ0) is 14.7. The Morgan fingerprint density at radius 3 is 2.30 bits per heavy atom. The second-order valence-corrected chi connectivity index (χ2v) is 5.63. The van der Waals surface area contributed by atoms with E-state index in [1.165, 1.54) is 0 Å². The van der Waals surface area contributed by atoms with E-state index in [4.69, 9.17) is 5.11 Å². The van der Waals surface area contributed by atoms with Gasteiger partial charge in [-0.3, -0.25) is 0 Å². The molecule has 1 aliphatic carbocycles. The van der Waals surface area contributed by atoms with E-state index >= 15 is 0 Å². The van der Waals surface area contributed by atoms with Gasteiger partial charge < -0.3 is 10.4 Å². The molecule has 2 rings (SSSR count). The molecule has 3 nitrogen and oxygen atoms in total. The number of aromatic carboxylic acids is 1. The molecule has 0 amide bonds. The zero-order valence-corrected chi connectivity index (χ0v) is 11.5. The molecular formula is C15H19F2NO2. The van der Waals surface area contributed by atoms with Crippen LogP contribution in [-0.4, -0.2) is 17.6 Å². The van der Waals surface area contributed by atoms with E-state index in [9.17, 15) is 13.6 Å². The predicted molar refractivity (Wildman–Crippen MR) is 72.9 cm³/mol. The molecule has 0 spiro atoms. The molecule has 20 heavy (non-hydrogen) atoms. The Balaban J connectivity index is 2.01.